The third-order valence-corrected chi connectivity index (χ3v) is 13.5. The SMILES string of the molecule is c1ccc(-c2ccc(N(c3ccc4c(c3)C3(c5ccccc5-c5ccc(N(c6ccccc6)c6ccccc6)cc53)c3ccccc3-4)c3ccc4c(c3)oc3ccccc34)cc2)cc1. The van der Waals surface area contributed by atoms with Crippen LogP contribution in [0.15, 0.2) is 247 Å². The van der Waals surface area contributed by atoms with Crippen molar-refractivity contribution in [3.8, 4) is 33.4 Å². The first kappa shape index (κ1) is 36.3. The van der Waals surface area contributed by atoms with Crippen LogP contribution in [-0.4, -0.2) is 0 Å². The molecular weight excluding hydrogens is 777 g/mol. The van der Waals surface area contributed by atoms with Gasteiger partial charge in [0.05, 0.1) is 5.41 Å². The van der Waals surface area contributed by atoms with Crippen molar-refractivity contribution in [1.29, 1.82) is 0 Å². The first-order valence-corrected chi connectivity index (χ1v) is 22.0. The Balaban J connectivity index is 1.05. The molecule has 13 rings (SSSR count). The Hall–Kier alpha value is -8.40. The summed E-state index contributed by atoms with van der Waals surface area (Å²) in [4.78, 5) is 4.77. The summed E-state index contributed by atoms with van der Waals surface area (Å²) in [6.45, 7) is 0. The Kier molecular flexibility index (Phi) is 8.13. The summed E-state index contributed by atoms with van der Waals surface area (Å²) in [7, 11) is 0. The van der Waals surface area contributed by atoms with Crippen molar-refractivity contribution >= 4 is 56.1 Å². The second-order valence-electron chi connectivity index (χ2n) is 16.8. The molecule has 0 saturated heterocycles. The van der Waals surface area contributed by atoms with Gasteiger partial charge in [0, 0.05) is 51.0 Å². The molecule has 11 aromatic rings. The van der Waals surface area contributed by atoms with Gasteiger partial charge in [-0.15, -0.1) is 0 Å². The topological polar surface area (TPSA) is 19.6 Å². The van der Waals surface area contributed by atoms with Crippen LogP contribution in [0, 0.1) is 0 Å². The molecular formula is C61H40N2O. The Morgan fingerprint density at radius 1 is 0.266 bits per heavy atom. The Bertz CT molecular complexity index is 3510. The number of nitrogens with zero attached hydrogens (tertiary/aromatic N) is 2. The molecule has 2 aliphatic carbocycles. The van der Waals surface area contributed by atoms with Crippen molar-refractivity contribution in [2.24, 2.45) is 0 Å². The second kappa shape index (κ2) is 14.3. The minimum atomic E-state index is -0.575. The lowest BCUT2D eigenvalue weighted by Crippen LogP contribution is -2.26. The maximum absolute atomic E-state index is 6.53. The molecule has 1 unspecified atom stereocenters. The van der Waals surface area contributed by atoms with Crippen molar-refractivity contribution < 1.29 is 4.42 Å². The van der Waals surface area contributed by atoms with E-state index in [0.717, 1.165) is 56.1 Å². The van der Waals surface area contributed by atoms with Crippen LogP contribution < -0.4 is 9.80 Å². The number of para-hydroxylation sites is 3. The van der Waals surface area contributed by atoms with Gasteiger partial charge in [-0.2, -0.15) is 0 Å². The van der Waals surface area contributed by atoms with Gasteiger partial charge in [-0.1, -0.05) is 158 Å². The Labute approximate surface area is 372 Å². The maximum atomic E-state index is 6.53. The molecule has 3 heteroatoms. The Morgan fingerprint density at radius 3 is 1.28 bits per heavy atom. The van der Waals surface area contributed by atoms with Crippen LogP contribution in [0.2, 0.25) is 0 Å². The van der Waals surface area contributed by atoms with Gasteiger partial charge in [-0.05, 0) is 134 Å². The molecule has 1 atom stereocenters. The standard InChI is InChI=1S/C61H40N2O/c1-4-16-41(17-5-1)42-28-30-45(31-29-42)63(48-34-37-54-53-24-12-15-27-59(53)64-60(54)40-48)47-33-36-52-50-23-11-14-26-56(50)61(58(52)39-47)55-25-13-10-22-49(55)51-35-32-46(38-57(51)61)62(43-18-6-2-7-19-43)44-20-8-3-9-21-44/h1-40H. The molecule has 0 N–H and O–H groups in total. The fourth-order valence-electron chi connectivity index (χ4n) is 10.7. The van der Waals surface area contributed by atoms with Gasteiger partial charge in [0.2, 0.25) is 0 Å². The van der Waals surface area contributed by atoms with E-state index in [9.17, 15) is 0 Å². The molecule has 1 aromatic heterocycles. The smallest absolute Gasteiger partial charge is 0.137 e. The van der Waals surface area contributed by atoms with E-state index in [2.05, 4.69) is 240 Å². The van der Waals surface area contributed by atoms with Gasteiger partial charge in [0.15, 0.2) is 0 Å². The van der Waals surface area contributed by atoms with E-state index in [1.807, 2.05) is 12.1 Å². The predicted molar refractivity (Wildman–Crippen MR) is 265 cm³/mol. The van der Waals surface area contributed by atoms with Gasteiger partial charge in [0.25, 0.3) is 0 Å². The fraction of sp³-hybridized carbons (Fsp3) is 0.0164. The van der Waals surface area contributed by atoms with E-state index in [1.165, 1.54) is 55.6 Å². The third-order valence-electron chi connectivity index (χ3n) is 13.5. The predicted octanol–water partition coefficient (Wildman–Crippen LogP) is 16.5. The number of benzene rings is 10. The highest BCUT2D eigenvalue weighted by Gasteiger charge is 2.52. The molecule has 3 nitrogen and oxygen atoms in total. The highest BCUT2D eigenvalue weighted by atomic mass is 16.3. The number of furan rings is 1. The first-order valence-electron chi connectivity index (χ1n) is 22.0. The molecule has 0 radical (unpaired) electrons. The summed E-state index contributed by atoms with van der Waals surface area (Å²) in [6.07, 6.45) is 0. The lowest BCUT2D eigenvalue weighted by Gasteiger charge is -2.33. The van der Waals surface area contributed by atoms with Crippen LogP contribution in [0.4, 0.5) is 34.1 Å². The molecule has 300 valence electrons. The van der Waals surface area contributed by atoms with Crippen LogP contribution in [0.5, 0.6) is 0 Å². The highest BCUT2D eigenvalue weighted by Crippen LogP contribution is 2.64. The summed E-state index contributed by atoms with van der Waals surface area (Å²) in [5.74, 6) is 0. The van der Waals surface area contributed by atoms with Gasteiger partial charge >= 0.3 is 0 Å². The van der Waals surface area contributed by atoms with E-state index >= 15 is 0 Å². The Morgan fingerprint density at radius 2 is 0.672 bits per heavy atom. The van der Waals surface area contributed by atoms with Crippen LogP contribution in [0.25, 0.3) is 55.3 Å². The van der Waals surface area contributed by atoms with Crippen molar-refractivity contribution in [2.75, 3.05) is 9.80 Å². The zero-order valence-electron chi connectivity index (χ0n) is 34.9. The summed E-state index contributed by atoms with van der Waals surface area (Å²) in [5.41, 5.74) is 20.3. The zero-order chi connectivity index (χ0) is 42.2. The van der Waals surface area contributed by atoms with Gasteiger partial charge < -0.3 is 14.2 Å². The van der Waals surface area contributed by atoms with Gasteiger partial charge in [0.1, 0.15) is 11.2 Å². The van der Waals surface area contributed by atoms with Crippen molar-refractivity contribution in [1.82, 2.24) is 0 Å². The van der Waals surface area contributed by atoms with Crippen molar-refractivity contribution in [2.45, 2.75) is 5.41 Å². The molecule has 10 aromatic carbocycles. The van der Waals surface area contributed by atoms with Crippen molar-refractivity contribution in [3.05, 3.63) is 265 Å². The molecule has 1 spiro atoms. The average molecular weight is 817 g/mol. The minimum absolute atomic E-state index is 0.575. The van der Waals surface area contributed by atoms with Crippen LogP contribution in [0.3, 0.4) is 0 Å². The minimum Gasteiger partial charge on any atom is -0.456 e. The molecule has 1 heterocycles. The monoisotopic (exact) mass is 816 g/mol. The zero-order valence-corrected chi connectivity index (χ0v) is 34.9. The summed E-state index contributed by atoms with van der Waals surface area (Å²) in [6, 6.07) is 88.3. The summed E-state index contributed by atoms with van der Waals surface area (Å²) < 4.78 is 6.53. The highest BCUT2D eigenvalue weighted by molar-refractivity contribution is 6.06. The van der Waals surface area contributed by atoms with E-state index < -0.39 is 5.41 Å². The van der Waals surface area contributed by atoms with E-state index in [-0.39, 0.29) is 0 Å². The molecule has 0 saturated carbocycles. The molecule has 0 bridgehead atoms. The quantitative estimate of drug-likeness (QED) is 0.160. The van der Waals surface area contributed by atoms with Crippen LogP contribution in [0.1, 0.15) is 22.3 Å². The number of rotatable bonds is 7. The number of anilines is 6. The largest absolute Gasteiger partial charge is 0.456 e. The number of hydrogen-bond donors (Lipinski definition) is 0. The molecule has 64 heavy (non-hydrogen) atoms. The van der Waals surface area contributed by atoms with E-state index in [0.29, 0.717) is 0 Å². The molecule has 0 amide bonds. The normalized spacial score (nSPS) is 14.3. The van der Waals surface area contributed by atoms with Crippen LogP contribution >= 0.6 is 0 Å². The van der Waals surface area contributed by atoms with Crippen LogP contribution in [-0.2, 0) is 5.41 Å². The maximum Gasteiger partial charge on any atom is 0.137 e. The lowest BCUT2D eigenvalue weighted by molar-refractivity contribution is 0.669. The molecule has 0 fully saturated rings. The summed E-state index contributed by atoms with van der Waals surface area (Å²) >= 11 is 0. The lowest BCUT2D eigenvalue weighted by atomic mass is 9.70. The fourth-order valence-corrected chi connectivity index (χ4v) is 10.7. The third kappa shape index (κ3) is 5.41. The van der Waals surface area contributed by atoms with Crippen molar-refractivity contribution in [3.63, 3.8) is 0 Å². The average Bonchev–Trinajstić information content (AvgIpc) is 3.99. The second-order valence-corrected chi connectivity index (χ2v) is 16.8. The number of fused-ring (bicyclic) bond motifs is 13. The van der Waals surface area contributed by atoms with Gasteiger partial charge in [-0.3, -0.25) is 0 Å². The van der Waals surface area contributed by atoms with E-state index in [1.54, 1.807) is 0 Å². The summed E-state index contributed by atoms with van der Waals surface area (Å²) in [5, 5.41) is 2.23. The first-order chi connectivity index (χ1) is 31.7. The molecule has 0 aliphatic heterocycles. The van der Waals surface area contributed by atoms with Gasteiger partial charge in [-0.25, -0.2) is 0 Å². The number of hydrogen-bond acceptors (Lipinski definition) is 3. The van der Waals surface area contributed by atoms with E-state index in [4.69, 9.17) is 4.42 Å². The molecule has 2 aliphatic rings.